The minimum absolute atomic E-state index is 0.199. The number of rotatable bonds is 3. The molecule has 0 radical (unpaired) electrons. The van der Waals surface area contributed by atoms with Crippen molar-refractivity contribution < 1.29 is 14.7 Å². The highest BCUT2D eigenvalue weighted by Crippen LogP contribution is 2.28. The van der Waals surface area contributed by atoms with Crippen LogP contribution in [0.25, 0.3) is 0 Å². The lowest BCUT2D eigenvalue weighted by Gasteiger charge is -2.34. The number of nitrogens with zero attached hydrogens (tertiary/aromatic N) is 1. The Kier molecular flexibility index (Phi) is 5.26. The van der Waals surface area contributed by atoms with Gasteiger partial charge in [0.1, 0.15) is 6.04 Å². The average Bonchev–Trinajstić information content (AvgIpc) is 2.45. The van der Waals surface area contributed by atoms with Gasteiger partial charge in [-0.25, -0.2) is 9.59 Å². The Labute approximate surface area is 120 Å². The zero-order valence-electron chi connectivity index (χ0n) is 12.3. The number of amides is 2. The van der Waals surface area contributed by atoms with Crippen LogP contribution in [0.15, 0.2) is 0 Å². The lowest BCUT2D eigenvalue weighted by molar-refractivity contribution is -0.143. The zero-order chi connectivity index (χ0) is 14.5. The molecule has 1 heterocycles. The van der Waals surface area contributed by atoms with Crippen LogP contribution in [0.5, 0.6) is 0 Å². The third-order valence-corrected chi connectivity index (χ3v) is 4.64. The molecule has 2 fully saturated rings. The molecule has 2 aliphatic rings. The molecule has 5 nitrogen and oxygen atoms in total. The fourth-order valence-corrected chi connectivity index (χ4v) is 3.51. The highest BCUT2D eigenvalue weighted by atomic mass is 16.4. The van der Waals surface area contributed by atoms with Crippen LogP contribution in [0.1, 0.15) is 51.9 Å². The first-order chi connectivity index (χ1) is 9.58. The van der Waals surface area contributed by atoms with Crippen LogP contribution < -0.4 is 5.32 Å². The molecule has 114 valence electrons. The molecule has 5 heteroatoms. The number of hydrogen-bond acceptors (Lipinski definition) is 2. The Morgan fingerprint density at radius 2 is 2.00 bits per heavy atom. The van der Waals surface area contributed by atoms with Crippen LogP contribution in [0, 0.1) is 11.8 Å². The third-order valence-electron chi connectivity index (χ3n) is 4.64. The number of carbonyl (C=O) groups excluding carboxylic acids is 1. The molecule has 0 bridgehead atoms. The number of piperidine rings is 1. The highest BCUT2D eigenvalue weighted by molar-refractivity contribution is 5.82. The average molecular weight is 282 g/mol. The lowest BCUT2D eigenvalue weighted by atomic mass is 9.82. The molecule has 1 saturated carbocycles. The van der Waals surface area contributed by atoms with Gasteiger partial charge >= 0.3 is 12.0 Å². The molecule has 0 aromatic rings. The van der Waals surface area contributed by atoms with Crippen molar-refractivity contribution >= 4 is 12.0 Å². The first-order valence-electron chi connectivity index (χ1n) is 7.85. The highest BCUT2D eigenvalue weighted by Gasteiger charge is 2.32. The van der Waals surface area contributed by atoms with Gasteiger partial charge in [0.05, 0.1) is 0 Å². The number of carboxylic acids is 1. The molecular weight excluding hydrogens is 256 g/mol. The zero-order valence-corrected chi connectivity index (χ0v) is 12.3. The number of carboxylic acid groups (broad SMARTS) is 1. The van der Waals surface area contributed by atoms with Crippen LogP contribution in [0.4, 0.5) is 4.79 Å². The number of aliphatic carboxylic acids is 1. The lowest BCUT2D eigenvalue weighted by Crippen LogP contribution is -2.52. The van der Waals surface area contributed by atoms with Crippen molar-refractivity contribution in [1.29, 1.82) is 0 Å². The quantitative estimate of drug-likeness (QED) is 0.835. The standard InChI is InChI=1S/C15H26N2O3/c1-11-5-4-6-12(9-11)10-16-15(20)17-8-3-2-7-13(17)14(18)19/h11-13H,2-10H2,1H3,(H,16,20)(H,18,19). The summed E-state index contributed by atoms with van der Waals surface area (Å²) in [6, 6.07) is -0.843. The second-order valence-corrected chi connectivity index (χ2v) is 6.37. The predicted molar refractivity (Wildman–Crippen MR) is 76.5 cm³/mol. The number of urea groups is 1. The molecule has 1 aliphatic carbocycles. The maximum Gasteiger partial charge on any atom is 0.326 e. The second-order valence-electron chi connectivity index (χ2n) is 6.37. The summed E-state index contributed by atoms with van der Waals surface area (Å²) in [5.74, 6) is 0.411. The van der Waals surface area contributed by atoms with E-state index >= 15 is 0 Å². The van der Waals surface area contributed by atoms with E-state index in [1.54, 1.807) is 0 Å². The van der Waals surface area contributed by atoms with Gasteiger partial charge < -0.3 is 15.3 Å². The fraction of sp³-hybridized carbons (Fsp3) is 0.867. The summed E-state index contributed by atoms with van der Waals surface area (Å²) in [5.41, 5.74) is 0. The Balaban J connectivity index is 1.82. The topological polar surface area (TPSA) is 69.6 Å². The van der Waals surface area contributed by atoms with Crippen molar-refractivity contribution in [2.75, 3.05) is 13.1 Å². The molecule has 2 N–H and O–H groups in total. The molecule has 0 aromatic carbocycles. The van der Waals surface area contributed by atoms with E-state index in [1.807, 2.05) is 0 Å². The van der Waals surface area contributed by atoms with Crippen LogP contribution in [0.3, 0.4) is 0 Å². The molecule has 1 aliphatic heterocycles. The Bertz CT molecular complexity index is 359. The molecule has 3 unspecified atom stereocenters. The monoisotopic (exact) mass is 282 g/mol. The summed E-state index contributed by atoms with van der Waals surface area (Å²) in [4.78, 5) is 24.9. The summed E-state index contributed by atoms with van der Waals surface area (Å²) in [6.45, 7) is 3.51. The molecule has 20 heavy (non-hydrogen) atoms. The van der Waals surface area contributed by atoms with Crippen LogP contribution in [-0.2, 0) is 4.79 Å². The third kappa shape index (κ3) is 3.87. The number of nitrogens with one attached hydrogen (secondary N) is 1. The van der Waals surface area contributed by atoms with Gasteiger partial charge in [0.2, 0.25) is 0 Å². The van der Waals surface area contributed by atoms with Gasteiger partial charge in [0, 0.05) is 13.1 Å². The van der Waals surface area contributed by atoms with Gasteiger partial charge in [0.25, 0.3) is 0 Å². The van der Waals surface area contributed by atoms with E-state index in [9.17, 15) is 14.7 Å². The number of carbonyl (C=O) groups is 2. The van der Waals surface area contributed by atoms with E-state index in [4.69, 9.17) is 0 Å². The predicted octanol–water partition coefficient (Wildman–Crippen LogP) is 2.46. The second kappa shape index (κ2) is 6.95. The van der Waals surface area contributed by atoms with Crippen LogP contribution in [-0.4, -0.2) is 41.1 Å². The largest absolute Gasteiger partial charge is 0.480 e. The van der Waals surface area contributed by atoms with E-state index in [-0.39, 0.29) is 6.03 Å². The maximum absolute atomic E-state index is 12.2. The molecular formula is C15H26N2O3. The summed E-state index contributed by atoms with van der Waals surface area (Å²) in [5, 5.41) is 12.1. The fourth-order valence-electron chi connectivity index (χ4n) is 3.51. The van der Waals surface area contributed by atoms with Crippen molar-refractivity contribution in [3.05, 3.63) is 0 Å². The molecule has 1 saturated heterocycles. The van der Waals surface area contributed by atoms with Crippen molar-refractivity contribution in [3.8, 4) is 0 Å². The SMILES string of the molecule is CC1CCCC(CNC(=O)N2CCCCC2C(=O)O)C1. The molecule has 0 spiro atoms. The van der Waals surface area contributed by atoms with Crippen molar-refractivity contribution in [2.24, 2.45) is 11.8 Å². The molecule has 3 atom stereocenters. The Morgan fingerprint density at radius 3 is 2.70 bits per heavy atom. The first kappa shape index (κ1) is 15.1. The van der Waals surface area contributed by atoms with Gasteiger partial charge in [-0.05, 0) is 43.9 Å². The Hall–Kier alpha value is -1.26. The van der Waals surface area contributed by atoms with E-state index in [0.29, 0.717) is 25.4 Å². The van der Waals surface area contributed by atoms with Crippen molar-refractivity contribution in [3.63, 3.8) is 0 Å². The molecule has 0 aromatic heterocycles. The van der Waals surface area contributed by atoms with Crippen molar-refractivity contribution in [1.82, 2.24) is 10.2 Å². The van der Waals surface area contributed by atoms with Crippen LogP contribution in [0.2, 0.25) is 0 Å². The van der Waals surface area contributed by atoms with Crippen LogP contribution >= 0.6 is 0 Å². The van der Waals surface area contributed by atoms with Gasteiger partial charge in [-0.15, -0.1) is 0 Å². The summed E-state index contributed by atoms with van der Waals surface area (Å²) >= 11 is 0. The van der Waals surface area contributed by atoms with Gasteiger partial charge in [0.15, 0.2) is 0 Å². The first-order valence-corrected chi connectivity index (χ1v) is 7.85. The summed E-state index contributed by atoms with van der Waals surface area (Å²) < 4.78 is 0. The van der Waals surface area contributed by atoms with E-state index in [0.717, 1.165) is 18.8 Å². The normalized spacial score (nSPS) is 30.9. The molecule has 2 rings (SSSR count). The van der Waals surface area contributed by atoms with Gasteiger partial charge in [-0.1, -0.05) is 19.8 Å². The van der Waals surface area contributed by atoms with E-state index in [1.165, 1.54) is 30.6 Å². The number of likely N-dealkylation sites (tertiary alicyclic amines) is 1. The summed E-state index contributed by atoms with van der Waals surface area (Å²) in [7, 11) is 0. The van der Waals surface area contributed by atoms with E-state index < -0.39 is 12.0 Å². The van der Waals surface area contributed by atoms with Gasteiger partial charge in [-0.3, -0.25) is 0 Å². The summed E-state index contributed by atoms with van der Waals surface area (Å²) in [6.07, 6.45) is 7.23. The molecule has 2 amide bonds. The number of hydrogen-bond donors (Lipinski definition) is 2. The minimum Gasteiger partial charge on any atom is -0.480 e. The minimum atomic E-state index is -0.883. The maximum atomic E-state index is 12.2. The van der Waals surface area contributed by atoms with E-state index in [2.05, 4.69) is 12.2 Å². The smallest absolute Gasteiger partial charge is 0.326 e. The van der Waals surface area contributed by atoms with Gasteiger partial charge in [-0.2, -0.15) is 0 Å². The Morgan fingerprint density at radius 1 is 1.20 bits per heavy atom. The van der Waals surface area contributed by atoms with Crippen molar-refractivity contribution in [2.45, 2.75) is 57.9 Å².